The van der Waals surface area contributed by atoms with Crippen molar-refractivity contribution < 1.29 is 4.74 Å². The monoisotopic (exact) mass is 450 g/mol. The largest absolute Gasteiger partial charge is 0.491 e. The van der Waals surface area contributed by atoms with E-state index in [-0.39, 0.29) is 11.2 Å². The molecule has 1 aromatic carbocycles. The minimum Gasteiger partial charge on any atom is -0.491 e. The highest BCUT2D eigenvalue weighted by Crippen LogP contribution is 2.23. The van der Waals surface area contributed by atoms with Gasteiger partial charge in [0.15, 0.2) is 5.75 Å². The van der Waals surface area contributed by atoms with Gasteiger partial charge in [-0.2, -0.15) is 0 Å². The molecule has 0 unspecified atom stereocenters. The van der Waals surface area contributed by atoms with Crippen molar-refractivity contribution in [2.75, 3.05) is 45.7 Å². The normalized spacial score (nSPS) is 11.5. The summed E-state index contributed by atoms with van der Waals surface area (Å²) in [4.78, 5) is 28.0. The average Bonchev–Trinajstić information content (AvgIpc) is 2.78. The Bertz CT molecular complexity index is 650. The number of unbranched alkanes of at least 4 members (excludes halogenated alkanes) is 14. The molecule has 0 radical (unpaired) electrons. The van der Waals surface area contributed by atoms with Crippen LogP contribution in [0.3, 0.4) is 0 Å². The van der Waals surface area contributed by atoms with Gasteiger partial charge in [0.1, 0.15) is 5.69 Å². The van der Waals surface area contributed by atoms with Crippen LogP contribution >= 0.6 is 0 Å². The van der Waals surface area contributed by atoms with Gasteiger partial charge in [0, 0.05) is 13.1 Å². The first-order valence-corrected chi connectivity index (χ1v) is 13.3. The van der Waals surface area contributed by atoms with Crippen LogP contribution in [0.5, 0.6) is 5.75 Å². The quantitative estimate of drug-likeness (QED) is 0.162. The van der Waals surface area contributed by atoms with Gasteiger partial charge in [0.2, 0.25) is 0 Å². The molecule has 186 valence electrons. The fraction of sp³-hybridized carbons (Fsp3) is 0.852. The summed E-state index contributed by atoms with van der Waals surface area (Å²) in [5.41, 5.74) is -0.356. The summed E-state index contributed by atoms with van der Waals surface area (Å²) in [6.45, 7) is 4.86. The van der Waals surface area contributed by atoms with Gasteiger partial charge in [0.25, 0.3) is 10.9 Å². The Morgan fingerprint density at radius 3 is 1.47 bits per heavy atom. The van der Waals surface area contributed by atoms with Crippen molar-refractivity contribution in [3.8, 4) is 5.75 Å². The predicted octanol–water partition coefficient (Wildman–Crippen LogP) is 5.92. The van der Waals surface area contributed by atoms with E-state index in [9.17, 15) is 9.59 Å². The lowest BCUT2D eigenvalue weighted by Crippen LogP contribution is -2.42. The number of anilines is 1. The second-order valence-electron chi connectivity index (χ2n) is 9.63. The van der Waals surface area contributed by atoms with E-state index in [1.165, 1.54) is 97.0 Å². The molecule has 0 aliphatic carbocycles. The molecule has 0 aliphatic heterocycles. The van der Waals surface area contributed by atoms with Gasteiger partial charge in [-0.3, -0.25) is 9.59 Å². The molecule has 0 atom stereocenters. The fourth-order valence-corrected chi connectivity index (χ4v) is 4.42. The molecule has 0 bridgehead atoms. The van der Waals surface area contributed by atoms with Crippen LogP contribution in [0.2, 0.25) is 0 Å². The third kappa shape index (κ3) is 11.5. The summed E-state index contributed by atoms with van der Waals surface area (Å²) in [6, 6.07) is 0. The zero-order valence-corrected chi connectivity index (χ0v) is 21.6. The van der Waals surface area contributed by atoms with Crippen LogP contribution in [-0.4, -0.2) is 45.7 Å². The summed E-state index contributed by atoms with van der Waals surface area (Å²) < 4.78 is 5.18. The Kier molecular flexibility index (Phi) is 16.2. The topological polar surface area (TPSA) is 49.9 Å². The molecule has 1 aromatic rings. The van der Waals surface area contributed by atoms with Crippen molar-refractivity contribution in [3.63, 3.8) is 0 Å². The van der Waals surface area contributed by atoms with Crippen LogP contribution < -0.4 is 20.5 Å². The van der Waals surface area contributed by atoms with Gasteiger partial charge in [-0.05, 0) is 33.5 Å². The van der Waals surface area contributed by atoms with E-state index < -0.39 is 5.43 Å². The maximum atomic E-state index is 12.1. The molecule has 1 rings (SSSR count). The summed E-state index contributed by atoms with van der Waals surface area (Å²) in [5, 5.41) is 0. The van der Waals surface area contributed by atoms with Crippen molar-refractivity contribution >= 4 is 5.69 Å². The first-order valence-electron chi connectivity index (χ1n) is 13.3. The number of rotatable bonds is 22. The van der Waals surface area contributed by atoms with Crippen molar-refractivity contribution in [3.05, 3.63) is 20.4 Å². The number of ether oxygens (including phenoxy) is 1. The van der Waals surface area contributed by atoms with Crippen LogP contribution in [0.25, 0.3) is 0 Å². The van der Waals surface area contributed by atoms with Crippen molar-refractivity contribution in [2.45, 2.75) is 110 Å². The Balaban J connectivity index is 2.13. The van der Waals surface area contributed by atoms with Crippen molar-refractivity contribution in [2.24, 2.45) is 0 Å². The molecule has 0 saturated carbocycles. The first-order chi connectivity index (χ1) is 15.5. The molecular formula is C27H50N2O3. The molecule has 0 fully saturated rings. The standard InChI is InChI=1S/C27H50N2O3/c1-5-6-7-8-9-10-11-12-13-14-15-16-17-18-19-22-29(23-20-21-28(2)3)24-25(30)26(31)27(24)32-4/h5-23H2,1-4H3. The zero-order chi connectivity index (χ0) is 23.6. The van der Waals surface area contributed by atoms with Gasteiger partial charge in [-0.1, -0.05) is 96.8 Å². The molecule has 0 heterocycles. The molecule has 0 N–H and O–H groups in total. The highest BCUT2D eigenvalue weighted by Gasteiger charge is 2.26. The Labute approximate surface area is 197 Å². The van der Waals surface area contributed by atoms with Crippen LogP contribution in [0.1, 0.15) is 110 Å². The predicted molar refractivity (Wildman–Crippen MR) is 138 cm³/mol. The van der Waals surface area contributed by atoms with E-state index in [2.05, 4.69) is 30.8 Å². The van der Waals surface area contributed by atoms with Crippen LogP contribution in [0, 0.1) is 0 Å². The molecule has 5 nitrogen and oxygen atoms in total. The van der Waals surface area contributed by atoms with Crippen LogP contribution in [0.4, 0.5) is 5.69 Å². The minimum atomic E-state index is -0.475. The molecule has 5 heteroatoms. The second-order valence-corrected chi connectivity index (χ2v) is 9.63. The van der Waals surface area contributed by atoms with E-state index in [4.69, 9.17) is 4.74 Å². The van der Waals surface area contributed by atoms with E-state index >= 15 is 0 Å². The average molecular weight is 451 g/mol. The number of nitrogens with zero attached hydrogens (tertiary/aromatic N) is 2. The van der Waals surface area contributed by atoms with E-state index in [0.29, 0.717) is 5.69 Å². The fourth-order valence-electron chi connectivity index (χ4n) is 4.42. The Hall–Kier alpha value is -1.36. The van der Waals surface area contributed by atoms with Gasteiger partial charge in [-0.25, -0.2) is 0 Å². The highest BCUT2D eigenvalue weighted by molar-refractivity contribution is 5.63. The third-order valence-corrected chi connectivity index (χ3v) is 6.43. The highest BCUT2D eigenvalue weighted by atomic mass is 16.5. The lowest BCUT2D eigenvalue weighted by Gasteiger charge is -2.27. The minimum absolute atomic E-state index is 0.251. The summed E-state index contributed by atoms with van der Waals surface area (Å²) in [6.07, 6.45) is 21.1. The van der Waals surface area contributed by atoms with E-state index in [1.54, 1.807) is 0 Å². The van der Waals surface area contributed by atoms with Crippen LogP contribution in [-0.2, 0) is 0 Å². The molecule has 0 amide bonds. The SMILES string of the molecule is CCCCCCCCCCCCCCCCCN(CCCN(C)C)c1c(OC)c(=O)c1=O. The molecule has 32 heavy (non-hydrogen) atoms. The first kappa shape index (κ1) is 28.7. The summed E-state index contributed by atoms with van der Waals surface area (Å²) >= 11 is 0. The number of hydrogen-bond acceptors (Lipinski definition) is 5. The van der Waals surface area contributed by atoms with Gasteiger partial charge in [0.05, 0.1) is 7.11 Å². The molecule has 0 spiro atoms. The van der Waals surface area contributed by atoms with Gasteiger partial charge in [-0.15, -0.1) is 0 Å². The summed E-state index contributed by atoms with van der Waals surface area (Å²) in [7, 11) is 5.58. The lowest BCUT2D eigenvalue weighted by atomic mass is 10.0. The number of hydrogen-bond donors (Lipinski definition) is 0. The number of methoxy groups -OCH3 is 1. The second kappa shape index (κ2) is 18.1. The van der Waals surface area contributed by atoms with E-state index in [1.807, 2.05) is 0 Å². The Morgan fingerprint density at radius 1 is 0.594 bits per heavy atom. The van der Waals surface area contributed by atoms with Gasteiger partial charge >= 0.3 is 0 Å². The molecule has 0 aromatic heterocycles. The maximum absolute atomic E-state index is 12.1. The third-order valence-electron chi connectivity index (χ3n) is 6.43. The Morgan fingerprint density at radius 2 is 1.03 bits per heavy atom. The lowest BCUT2D eigenvalue weighted by molar-refractivity contribution is 0.393. The van der Waals surface area contributed by atoms with Crippen LogP contribution in [0.15, 0.2) is 9.59 Å². The molecular weight excluding hydrogens is 400 g/mol. The smallest absolute Gasteiger partial charge is 0.272 e. The van der Waals surface area contributed by atoms with Crippen molar-refractivity contribution in [1.29, 1.82) is 0 Å². The molecule has 0 aliphatic rings. The molecule has 0 saturated heterocycles. The maximum Gasteiger partial charge on any atom is 0.272 e. The van der Waals surface area contributed by atoms with Crippen molar-refractivity contribution in [1.82, 2.24) is 4.90 Å². The zero-order valence-electron chi connectivity index (χ0n) is 21.6. The summed E-state index contributed by atoms with van der Waals surface area (Å²) in [5.74, 6) is 0.251. The van der Waals surface area contributed by atoms with E-state index in [0.717, 1.165) is 32.5 Å². The van der Waals surface area contributed by atoms with Gasteiger partial charge < -0.3 is 14.5 Å².